The zero-order valence-electron chi connectivity index (χ0n) is 9.21. The van der Waals surface area contributed by atoms with Crippen molar-refractivity contribution in [1.29, 1.82) is 0 Å². The first kappa shape index (κ1) is 9.70. The molecule has 2 rings (SSSR count). The number of hydrogen-bond donors (Lipinski definition) is 0. The van der Waals surface area contributed by atoms with Crippen LogP contribution in [0.5, 0.6) is 0 Å². The maximum absolute atomic E-state index is 4.42. The number of hydrogen-bond acceptors (Lipinski definition) is 1. The van der Waals surface area contributed by atoms with E-state index in [2.05, 4.69) is 31.1 Å². The lowest BCUT2D eigenvalue weighted by Gasteiger charge is -2.23. The van der Waals surface area contributed by atoms with E-state index >= 15 is 0 Å². The Kier molecular flexibility index (Phi) is 2.85. The Hall–Kier alpha value is -0.850. The highest BCUT2D eigenvalue weighted by atomic mass is 14.7. The first-order valence-corrected chi connectivity index (χ1v) is 5.70. The molecule has 1 nitrogen and oxygen atoms in total. The Morgan fingerprint density at radius 1 is 1.14 bits per heavy atom. The summed E-state index contributed by atoms with van der Waals surface area (Å²) < 4.78 is 0. The Balaban J connectivity index is 2.22. The van der Waals surface area contributed by atoms with Gasteiger partial charge in [0, 0.05) is 11.9 Å². The second-order valence-electron chi connectivity index (χ2n) is 4.52. The average Bonchev–Trinajstić information content (AvgIpc) is 2.19. The standard InChI is InChI=1S/C13H19N/c1-10-8-11(2)14-9-13(10)12-6-4-3-5-7-12/h8-9,12H,3-7H2,1-2H3. The van der Waals surface area contributed by atoms with Crippen LogP contribution >= 0.6 is 0 Å². The van der Waals surface area contributed by atoms with Crippen molar-refractivity contribution < 1.29 is 0 Å². The van der Waals surface area contributed by atoms with E-state index in [0.29, 0.717) is 0 Å². The molecule has 1 aliphatic carbocycles. The quantitative estimate of drug-likeness (QED) is 0.655. The topological polar surface area (TPSA) is 12.9 Å². The highest BCUT2D eigenvalue weighted by Gasteiger charge is 2.17. The molecule has 1 aromatic heterocycles. The molecule has 1 aromatic rings. The Labute approximate surface area is 86.6 Å². The van der Waals surface area contributed by atoms with E-state index in [-0.39, 0.29) is 0 Å². The lowest BCUT2D eigenvalue weighted by molar-refractivity contribution is 0.441. The summed E-state index contributed by atoms with van der Waals surface area (Å²) >= 11 is 0. The Morgan fingerprint density at radius 3 is 2.50 bits per heavy atom. The molecule has 14 heavy (non-hydrogen) atoms. The molecule has 0 aliphatic heterocycles. The highest BCUT2D eigenvalue weighted by Crippen LogP contribution is 2.33. The van der Waals surface area contributed by atoms with E-state index in [0.717, 1.165) is 11.6 Å². The van der Waals surface area contributed by atoms with E-state index in [1.807, 2.05) is 0 Å². The van der Waals surface area contributed by atoms with Gasteiger partial charge < -0.3 is 0 Å². The van der Waals surface area contributed by atoms with E-state index in [1.165, 1.54) is 43.2 Å². The molecule has 0 aromatic carbocycles. The van der Waals surface area contributed by atoms with Crippen LogP contribution in [0.25, 0.3) is 0 Å². The van der Waals surface area contributed by atoms with Crippen molar-refractivity contribution in [3.63, 3.8) is 0 Å². The third kappa shape index (κ3) is 1.97. The van der Waals surface area contributed by atoms with Gasteiger partial charge in [-0.15, -0.1) is 0 Å². The van der Waals surface area contributed by atoms with Gasteiger partial charge in [-0.05, 0) is 49.8 Å². The van der Waals surface area contributed by atoms with Crippen LogP contribution in [0.2, 0.25) is 0 Å². The monoisotopic (exact) mass is 189 g/mol. The fraction of sp³-hybridized carbons (Fsp3) is 0.615. The van der Waals surface area contributed by atoms with Gasteiger partial charge in [0.1, 0.15) is 0 Å². The molecule has 1 aliphatic rings. The van der Waals surface area contributed by atoms with Gasteiger partial charge in [0.15, 0.2) is 0 Å². The molecule has 0 radical (unpaired) electrons. The third-order valence-electron chi connectivity index (χ3n) is 3.33. The first-order valence-electron chi connectivity index (χ1n) is 5.70. The normalized spacial score (nSPS) is 18.4. The summed E-state index contributed by atoms with van der Waals surface area (Å²) in [7, 11) is 0. The molecule has 0 saturated heterocycles. The molecule has 0 unspecified atom stereocenters. The van der Waals surface area contributed by atoms with Crippen LogP contribution < -0.4 is 0 Å². The van der Waals surface area contributed by atoms with E-state index < -0.39 is 0 Å². The summed E-state index contributed by atoms with van der Waals surface area (Å²) in [5.41, 5.74) is 4.07. The van der Waals surface area contributed by atoms with E-state index in [1.54, 1.807) is 0 Å². The Bertz CT molecular complexity index is 311. The maximum atomic E-state index is 4.42. The minimum absolute atomic E-state index is 0.789. The SMILES string of the molecule is Cc1cc(C)c(C2CCCCC2)cn1. The Morgan fingerprint density at radius 2 is 1.86 bits per heavy atom. The van der Waals surface area contributed by atoms with Crippen LogP contribution in [0.15, 0.2) is 12.3 Å². The number of nitrogens with zero attached hydrogens (tertiary/aromatic N) is 1. The van der Waals surface area contributed by atoms with Gasteiger partial charge in [0.2, 0.25) is 0 Å². The molecule has 0 amide bonds. The highest BCUT2D eigenvalue weighted by molar-refractivity contribution is 5.28. The zero-order chi connectivity index (χ0) is 9.97. The smallest absolute Gasteiger partial charge is 0.0375 e. The molecule has 1 fully saturated rings. The summed E-state index contributed by atoms with van der Waals surface area (Å²) in [6.07, 6.45) is 9.06. The lowest BCUT2D eigenvalue weighted by Crippen LogP contribution is -2.06. The van der Waals surface area contributed by atoms with Crippen LogP contribution in [0.4, 0.5) is 0 Å². The van der Waals surface area contributed by atoms with Crippen molar-refractivity contribution >= 4 is 0 Å². The summed E-state index contributed by atoms with van der Waals surface area (Å²) in [5, 5.41) is 0. The molecule has 1 saturated carbocycles. The van der Waals surface area contributed by atoms with Crippen molar-refractivity contribution in [2.75, 3.05) is 0 Å². The van der Waals surface area contributed by atoms with Crippen LogP contribution in [0.3, 0.4) is 0 Å². The predicted molar refractivity (Wildman–Crippen MR) is 59.5 cm³/mol. The van der Waals surface area contributed by atoms with Crippen molar-refractivity contribution in [2.24, 2.45) is 0 Å². The molecular weight excluding hydrogens is 170 g/mol. The molecule has 0 spiro atoms. The van der Waals surface area contributed by atoms with Gasteiger partial charge in [-0.1, -0.05) is 19.3 Å². The minimum atomic E-state index is 0.789. The van der Waals surface area contributed by atoms with Gasteiger partial charge in [0.25, 0.3) is 0 Å². The summed E-state index contributed by atoms with van der Waals surface area (Å²) in [4.78, 5) is 4.42. The first-order chi connectivity index (χ1) is 6.77. The van der Waals surface area contributed by atoms with Gasteiger partial charge in [-0.25, -0.2) is 0 Å². The number of aryl methyl sites for hydroxylation is 2. The largest absolute Gasteiger partial charge is 0.261 e. The fourth-order valence-electron chi connectivity index (χ4n) is 2.55. The minimum Gasteiger partial charge on any atom is -0.261 e. The average molecular weight is 189 g/mol. The summed E-state index contributed by atoms with van der Waals surface area (Å²) in [6.45, 7) is 4.29. The van der Waals surface area contributed by atoms with E-state index in [4.69, 9.17) is 0 Å². The van der Waals surface area contributed by atoms with Gasteiger partial charge in [-0.2, -0.15) is 0 Å². The molecule has 1 heteroatoms. The van der Waals surface area contributed by atoms with E-state index in [9.17, 15) is 0 Å². The van der Waals surface area contributed by atoms with Crippen LogP contribution in [-0.2, 0) is 0 Å². The summed E-state index contributed by atoms with van der Waals surface area (Å²) in [6, 6.07) is 2.21. The second-order valence-corrected chi connectivity index (χ2v) is 4.52. The van der Waals surface area contributed by atoms with Gasteiger partial charge in [-0.3, -0.25) is 4.98 Å². The van der Waals surface area contributed by atoms with Crippen LogP contribution in [-0.4, -0.2) is 4.98 Å². The van der Waals surface area contributed by atoms with Crippen molar-refractivity contribution in [2.45, 2.75) is 51.9 Å². The van der Waals surface area contributed by atoms with Crippen molar-refractivity contribution in [3.05, 3.63) is 29.1 Å². The third-order valence-corrected chi connectivity index (χ3v) is 3.33. The van der Waals surface area contributed by atoms with Crippen LogP contribution in [0.1, 0.15) is 54.8 Å². The fourth-order valence-corrected chi connectivity index (χ4v) is 2.55. The number of rotatable bonds is 1. The number of aromatic nitrogens is 1. The maximum Gasteiger partial charge on any atom is 0.0375 e. The summed E-state index contributed by atoms with van der Waals surface area (Å²) in [5.74, 6) is 0.789. The second kappa shape index (κ2) is 4.12. The van der Waals surface area contributed by atoms with Crippen LogP contribution in [0, 0.1) is 13.8 Å². The lowest BCUT2D eigenvalue weighted by atomic mass is 9.83. The number of pyridine rings is 1. The van der Waals surface area contributed by atoms with Gasteiger partial charge >= 0.3 is 0 Å². The molecule has 1 heterocycles. The predicted octanol–water partition coefficient (Wildman–Crippen LogP) is 3.75. The molecule has 76 valence electrons. The molecule has 0 N–H and O–H groups in total. The zero-order valence-corrected chi connectivity index (χ0v) is 9.21. The molecule has 0 atom stereocenters. The molecule has 0 bridgehead atoms. The van der Waals surface area contributed by atoms with Crippen molar-refractivity contribution in [3.8, 4) is 0 Å². The molecular formula is C13H19N. The van der Waals surface area contributed by atoms with Crippen molar-refractivity contribution in [1.82, 2.24) is 4.98 Å². The van der Waals surface area contributed by atoms with Gasteiger partial charge in [0.05, 0.1) is 0 Å².